The molecule has 0 rings (SSSR count). The number of unbranched alkanes of at least 4 members (excludes halogenated alkanes) is 2. The molecule has 0 heterocycles. The molecule has 0 fully saturated rings. The van der Waals surface area contributed by atoms with Crippen LogP contribution in [0, 0.1) is 0 Å². The molecule has 4 nitrogen and oxygen atoms in total. The lowest BCUT2D eigenvalue weighted by molar-refractivity contribution is -0.150. The van der Waals surface area contributed by atoms with Gasteiger partial charge in [-0.15, -0.1) is 0 Å². The van der Waals surface area contributed by atoms with E-state index in [1.54, 1.807) is 0 Å². The van der Waals surface area contributed by atoms with Crippen LogP contribution in [0.15, 0.2) is 0 Å². The summed E-state index contributed by atoms with van der Waals surface area (Å²) < 4.78 is 5.23. The van der Waals surface area contributed by atoms with Crippen LogP contribution in [0.5, 0.6) is 0 Å². The maximum atomic E-state index is 11.0. The average molecular weight is 259 g/mol. The molecule has 0 aromatic carbocycles. The number of aliphatic carboxylic acids is 1. The van der Waals surface area contributed by atoms with Crippen LogP contribution in [0.4, 0.5) is 0 Å². The van der Waals surface area contributed by atoms with Gasteiger partial charge in [-0.05, 0) is 40.2 Å². The van der Waals surface area contributed by atoms with Crippen molar-refractivity contribution >= 4 is 5.97 Å². The highest BCUT2D eigenvalue weighted by Gasteiger charge is 2.19. The van der Waals surface area contributed by atoms with Crippen molar-refractivity contribution < 1.29 is 14.6 Å². The minimum Gasteiger partial charge on any atom is -0.479 e. The van der Waals surface area contributed by atoms with Gasteiger partial charge in [0.25, 0.3) is 0 Å². The van der Waals surface area contributed by atoms with Crippen molar-refractivity contribution in [2.45, 2.75) is 65.5 Å². The number of rotatable bonds is 11. The number of nitrogens with zero attached hydrogens (tertiary/aromatic N) is 1. The summed E-state index contributed by atoms with van der Waals surface area (Å²) in [6.45, 7) is 10.6. The summed E-state index contributed by atoms with van der Waals surface area (Å²) in [6, 6.07) is 0.456. The molecule has 4 heteroatoms. The van der Waals surface area contributed by atoms with Crippen LogP contribution in [0.2, 0.25) is 0 Å². The molecule has 0 bridgehead atoms. The Bertz CT molecular complexity index is 219. The molecular weight excluding hydrogens is 230 g/mol. The third-order valence-electron chi connectivity index (χ3n) is 3.10. The molecular formula is C14H29NO3. The number of carboxylic acid groups (broad SMARTS) is 1. The first-order chi connectivity index (χ1) is 8.52. The van der Waals surface area contributed by atoms with Gasteiger partial charge in [0.2, 0.25) is 0 Å². The summed E-state index contributed by atoms with van der Waals surface area (Å²) in [5, 5.41) is 9.03. The van der Waals surface area contributed by atoms with Gasteiger partial charge in [-0.25, -0.2) is 4.79 Å². The molecule has 0 aliphatic heterocycles. The Labute approximate surface area is 111 Å². The van der Waals surface area contributed by atoms with Crippen molar-refractivity contribution in [3.05, 3.63) is 0 Å². The fourth-order valence-corrected chi connectivity index (χ4v) is 1.96. The molecule has 0 aliphatic rings. The van der Waals surface area contributed by atoms with E-state index in [4.69, 9.17) is 9.84 Å². The molecule has 0 spiro atoms. The molecule has 0 aliphatic carbocycles. The topological polar surface area (TPSA) is 49.8 Å². The summed E-state index contributed by atoms with van der Waals surface area (Å²) in [5.41, 5.74) is 0. The Morgan fingerprint density at radius 1 is 1.22 bits per heavy atom. The van der Waals surface area contributed by atoms with Crippen molar-refractivity contribution in [2.75, 3.05) is 19.7 Å². The molecule has 1 unspecified atom stereocenters. The number of ether oxygens (including phenoxy) is 1. The third-order valence-corrected chi connectivity index (χ3v) is 3.10. The van der Waals surface area contributed by atoms with Crippen LogP contribution in [-0.4, -0.2) is 47.8 Å². The predicted octanol–water partition coefficient (Wildman–Crippen LogP) is 2.77. The Balaban J connectivity index is 4.10. The predicted molar refractivity (Wildman–Crippen MR) is 73.9 cm³/mol. The molecule has 0 amide bonds. The van der Waals surface area contributed by atoms with Gasteiger partial charge in [-0.1, -0.05) is 19.8 Å². The van der Waals surface area contributed by atoms with Crippen LogP contribution >= 0.6 is 0 Å². The van der Waals surface area contributed by atoms with Gasteiger partial charge in [0.05, 0.1) is 0 Å². The molecule has 0 aromatic rings. The first-order valence-corrected chi connectivity index (χ1v) is 7.11. The highest BCUT2D eigenvalue weighted by atomic mass is 16.5. The number of hydrogen-bond acceptors (Lipinski definition) is 3. The standard InChI is InChI=1S/C14H29NO3/c1-5-7-8-10-15(12(3)4)11-9-13(14(16)17)18-6-2/h12-13H,5-11H2,1-4H3,(H,16,17). The van der Waals surface area contributed by atoms with Gasteiger partial charge in [0, 0.05) is 19.2 Å². The van der Waals surface area contributed by atoms with Crippen molar-refractivity contribution in [1.29, 1.82) is 0 Å². The van der Waals surface area contributed by atoms with E-state index in [1.807, 2.05) is 6.92 Å². The normalized spacial score (nSPS) is 13.2. The quantitative estimate of drug-likeness (QED) is 0.580. The van der Waals surface area contributed by atoms with Crippen molar-refractivity contribution in [2.24, 2.45) is 0 Å². The minimum atomic E-state index is -0.853. The summed E-state index contributed by atoms with van der Waals surface area (Å²) in [4.78, 5) is 13.3. The maximum absolute atomic E-state index is 11.0. The number of hydrogen-bond donors (Lipinski definition) is 1. The van der Waals surface area contributed by atoms with Crippen LogP contribution < -0.4 is 0 Å². The van der Waals surface area contributed by atoms with Gasteiger partial charge in [-0.2, -0.15) is 0 Å². The Morgan fingerprint density at radius 3 is 2.33 bits per heavy atom. The molecule has 1 atom stereocenters. The summed E-state index contributed by atoms with van der Waals surface area (Å²) in [6.07, 6.45) is 3.52. The van der Waals surface area contributed by atoms with E-state index in [0.717, 1.165) is 13.1 Å². The fourth-order valence-electron chi connectivity index (χ4n) is 1.96. The number of carboxylic acids is 1. The van der Waals surface area contributed by atoms with Crippen molar-refractivity contribution in [3.8, 4) is 0 Å². The fraction of sp³-hybridized carbons (Fsp3) is 0.929. The summed E-state index contributed by atoms with van der Waals surface area (Å²) in [7, 11) is 0. The van der Waals surface area contributed by atoms with E-state index in [9.17, 15) is 4.79 Å². The number of carbonyl (C=O) groups is 1. The zero-order valence-corrected chi connectivity index (χ0v) is 12.3. The molecule has 18 heavy (non-hydrogen) atoms. The van der Waals surface area contributed by atoms with E-state index in [0.29, 0.717) is 19.1 Å². The Kier molecular flexibility index (Phi) is 9.98. The van der Waals surface area contributed by atoms with Crippen LogP contribution in [0.1, 0.15) is 53.4 Å². The summed E-state index contributed by atoms with van der Waals surface area (Å²) >= 11 is 0. The lowest BCUT2D eigenvalue weighted by atomic mass is 10.2. The first-order valence-electron chi connectivity index (χ1n) is 7.11. The van der Waals surface area contributed by atoms with Gasteiger partial charge in [0.15, 0.2) is 6.10 Å². The maximum Gasteiger partial charge on any atom is 0.332 e. The van der Waals surface area contributed by atoms with Crippen LogP contribution in [0.25, 0.3) is 0 Å². The monoisotopic (exact) mass is 259 g/mol. The van der Waals surface area contributed by atoms with E-state index >= 15 is 0 Å². The zero-order chi connectivity index (χ0) is 14.0. The third kappa shape index (κ3) is 7.67. The van der Waals surface area contributed by atoms with Crippen molar-refractivity contribution in [3.63, 3.8) is 0 Å². The van der Waals surface area contributed by atoms with E-state index < -0.39 is 12.1 Å². The van der Waals surface area contributed by atoms with Gasteiger partial charge >= 0.3 is 5.97 Å². The molecule has 0 aromatic heterocycles. The van der Waals surface area contributed by atoms with E-state index in [2.05, 4.69) is 25.7 Å². The van der Waals surface area contributed by atoms with E-state index in [-0.39, 0.29) is 0 Å². The van der Waals surface area contributed by atoms with Gasteiger partial charge in [-0.3, -0.25) is 0 Å². The molecule has 0 saturated heterocycles. The second-order valence-corrected chi connectivity index (χ2v) is 4.91. The lowest BCUT2D eigenvalue weighted by Crippen LogP contribution is -2.36. The summed E-state index contributed by atoms with van der Waals surface area (Å²) in [5.74, 6) is -0.853. The molecule has 0 saturated carbocycles. The van der Waals surface area contributed by atoms with Gasteiger partial charge < -0.3 is 14.7 Å². The Morgan fingerprint density at radius 2 is 1.89 bits per heavy atom. The minimum absolute atomic E-state index is 0.453. The van der Waals surface area contributed by atoms with E-state index in [1.165, 1.54) is 19.3 Å². The Hall–Kier alpha value is -0.610. The van der Waals surface area contributed by atoms with Crippen LogP contribution in [0.3, 0.4) is 0 Å². The first kappa shape index (κ1) is 17.4. The highest BCUT2D eigenvalue weighted by Crippen LogP contribution is 2.07. The average Bonchev–Trinajstić information content (AvgIpc) is 2.31. The largest absolute Gasteiger partial charge is 0.479 e. The second kappa shape index (κ2) is 10.3. The highest BCUT2D eigenvalue weighted by molar-refractivity contribution is 5.72. The van der Waals surface area contributed by atoms with Crippen LogP contribution in [-0.2, 0) is 9.53 Å². The SMILES string of the molecule is CCCCCN(CCC(OCC)C(=O)O)C(C)C. The lowest BCUT2D eigenvalue weighted by Gasteiger charge is -2.27. The van der Waals surface area contributed by atoms with Crippen molar-refractivity contribution in [1.82, 2.24) is 4.90 Å². The second-order valence-electron chi connectivity index (χ2n) is 4.91. The molecule has 1 N–H and O–H groups in total. The van der Waals surface area contributed by atoms with Gasteiger partial charge in [0.1, 0.15) is 0 Å². The molecule has 0 radical (unpaired) electrons. The molecule has 108 valence electrons. The zero-order valence-electron chi connectivity index (χ0n) is 12.3. The smallest absolute Gasteiger partial charge is 0.332 e.